The summed E-state index contributed by atoms with van der Waals surface area (Å²) in [7, 11) is 0. The van der Waals surface area contributed by atoms with Crippen LogP contribution in [-0.4, -0.2) is 15.6 Å². The fraction of sp³-hybridized carbons (Fsp3) is 0.750. The minimum absolute atomic E-state index is 0.00656. The van der Waals surface area contributed by atoms with E-state index in [1.165, 1.54) is 6.42 Å². The number of aromatic nitrogens is 2. The first-order valence-corrected chi connectivity index (χ1v) is 7.77. The van der Waals surface area contributed by atoms with E-state index in [0.717, 1.165) is 31.2 Å². The zero-order valence-electron chi connectivity index (χ0n) is 13.1. The Hall–Kier alpha value is -1.32. The van der Waals surface area contributed by atoms with Gasteiger partial charge in [0.2, 0.25) is 0 Å². The largest absolute Gasteiger partial charge is 0.363 e. The predicted molar refractivity (Wildman–Crippen MR) is 82.9 cm³/mol. The summed E-state index contributed by atoms with van der Waals surface area (Å²) in [5.74, 6) is 2.41. The van der Waals surface area contributed by atoms with Gasteiger partial charge in [0.05, 0.1) is 0 Å². The molecule has 2 rings (SSSR count). The number of nitrogens with zero attached hydrogens (tertiary/aromatic N) is 2. The molecule has 0 bridgehead atoms. The van der Waals surface area contributed by atoms with Gasteiger partial charge in [0.25, 0.3) is 5.56 Å². The van der Waals surface area contributed by atoms with Crippen LogP contribution in [0.4, 0.5) is 5.82 Å². The van der Waals surface area contributed by atoms with Crippen molar-refractivity contribution >= 4 is 5.82 Å². The van der Waals surface area contributed by atoms with Gasteiger partial charge in [0, 0.05) is 25.0 Å². The zero-order chi connectivity index (χ0) is 14.7. The summed E-state index contributed by atoms with van der Waals surface area (Å²) in [6.07, 6.45) is 7.05. The number of nitrogens with one attached hydrogen (secondary N) is 1. The highest BCUT2D eigenvalue weighted by molar-refractivity contribution is 5.32. The molecule has 1 saturated carbocycles. The third kappa shape index (κ3) is 3.84. The minimum atomic E-state index is 0.00656. The van der Waals surface area contributed by atoms with E-state index in [1.54, 1.807) is 17.0 Å². The molecule has 0 spiro atoms. The van der Waals surface area contributed by atoms with Crippen molar-refractivity contribution in [3.8, 4) is 0 Å². The van der Waals surface area contributed by atoms with E-state index >= 15 is 0 Å². The molecule has 1 N–H and O–H groups in total. The average Bonchev–Trinajstić information content (AvgIpc) is 2.32. The summed E-state index contributed by atoms with van der Waals surface area (Å²) in [6, 6.07) is 0.379. The van der Waals surface area contributed by atoms with E-state index in [9.17, 15) is 4.79 Å². The van der Waals surface area contributed by atoms with E-state index in [2.05, 4.69) is 38.0 Å². The highest BCUT2D eigenvalue weighted by Gasteiger charge is 2.24. The highest BCUT2D eigenvalue weighted by Crippen LogP contribution is 2.29. The lowest BCUT2D eigenvalue weighted by molar-refractivity contribution is 0.280. The van der Waals surface area contributed by atoms with Crippen LogP contribution in [-0.2, 0) is 6.54 Å². The van der Waals surface area contributed by atoms with E-state index in [0.29, 0.717) is 17.8 Å². The molecule has 1 fully saturated rings. The fourth-order valence-corrected chi connectivity index (χ4v) is 3.34. The van der Waals surface area contributed by atoms with E-state index in [4.69, 9.17) is 0 Å². The molecule has 1 heterocycles. The Morgan fingerprint density at radius 2 is 1.95 bits per heavy atom. The second kappa shape index (κ2) is 6.42. The molecule has 0 amide bonds. The maximum atomic E-state index is 12.4. The van der Waals surface area contributed by atoms with Crippen LogP contribution in [0.3, 0.4) is 0 Å². The number of rotatable bonds is 4. The first-order chi connectivity index (χ1) is 9.45. The molecule has 4 nitrogen and oxygen atoms in total. The van der Waals surface area contributed by atoms with E-state index < -0.39 is 0 Å². The first-order valence-electron chi connectivity index (χ1n) is 7.77. The van der Waals surface area contributed by atoms with Gasteiger partial charge < -0.3 is 9.88 Å². The molecule has 20 heavy (non-hydrogen) atoms. The van der Waals surface area contributed by atoms with Gasteiger partial charge in [-0.05, 0) is 37.0 Å². The minimum Gasteiger partial charge on any atom is -0.363 e. The smallest absolute Gasteiger partial charge is 0.293 e. The van der Waals surface area contributed by atoms with Crippen molar-refractivity contribution in [1.82, 2.24) is 9.55 Å². The van der Waals surface area contributed by atoms with Crippen molar-refractivity contribution in [2.45, 2.75) is 59.5 Å². The van der Waals surface area contributed by atoms with Crippen LogP contribution in [0.5, 0.6) is 0 Å². The van der Waals surface area contributed by atoms with Crippen LogP contribution < -0.4 is 10.9 Å². The molecule has 112 valence electrons. The Balaban J connectivity index is 2.11. The number of hydrogen-bond acceptors (Lipinski definition) is 3. The Morgan fingerprint density at radius 3 is 2.55 bits per heavy atom. The Morgan fingerprint density at radius 1 is 1.30 bits per heavy atom. The van der Waals surface area contributed by atoms with Gasteiger partial charge in [-0.2, -0.15) is 0 Å². The van der Waals surface area contributed by atoms with E-state index in [-0.39, 0.29) is 5.56 Å². The quantitative estimate of drug-likeness (QED) is 0.919. The van der Waals surface area contributed by atoms with Crippen molar-refractivity contribution < 1.29 is 0 Å². The summed E-state index contributed by atoms with van der Waals surface area (Å²) < 4.78 is 1.76. The summed E-state index contributed by atoms with van der Waals surface area (Å²) in [5.41, 5.74) is 0.00656. The Bertz CT molecular complexity index is 485. The molecule has 1 aliphatic rings. The maximum absolute atomic E-state index is 12.4. The Labute approximate surface area is 121 Å². The maximum Gasteiger partial charge on any atom is 0.293 e. The van der Waals surface area contributed by atoms with Crippen LogP contribution in [0, 0.1) is 17.8 Å². The van der Waals surface area contributed by atoms with Crippen molar-refractivity contribution in [3.63, 3.8) is 0 Å². The number of anilines is 1. The molecule has 0 aliphatic heterocycles. The van der Waals surface area contributed by atoms with Gasteiger partial charge in [-0.1, -0.05) is 27.7 Å². The monoisotopic (exact) mass is 277 g/mol. The lowest BCUT2D eigenvalue weighted by atomic mass is 9.80. The van der Waals surface area contributed by atoms with Crippen molar-refractivity contribution in [2.75, 3.05) is 5.32 Å². The standard InChI is InChI=1S/C16H27N3O/c1-11(2)10-19-6-5-17-15(16(19)20)18-14-8-12(3)7-13(4)9-14/h5-6,11-14H,7-10H2,1-4H3,(H,17,18). The van der Waals surface area contributed by atoms with Gasteiger partial charge in [0.1, 0.15) is 0 Å². The van der Waals surface area contributed by atoms with Crippen molar-refractivity contribution in [1.29, 1.82) is 0 Å². The lowest BCUT2D eigenvalue weighted by Crippen LogP contribution is -2.34. The van der Waals surface area contributed by atoms with Crippen LogP contribution in [0.1, 0.15) is 47.0 Å². The molecular weight excluding hydrogens is 250 g/mol. The second-order valence-corrected chi connectivity index (χ2v) is 6.89. The lowest BCUT2D eigenvalue weighted by Gasteiger charge is -2.32. The van der Waals surface area contributed by atoms with Gasteiger partial charge in [-0.25, -0.2) is 4.98 Å². The predicted octanol–water partition coefficient (Wildman–Crippen LogP) is 3.14. The highest BCUT2D eigenvalue weighted by atomic mass is 16.1. The SMILES string of the molecule is CC(C)Cn1ccnc(NC2CC(C)CC(C)C2)c1=O. The fourth-order valence-electron chi connectivity index (χ4n) is 3.34. The third-order valence-corrected chi connectivity index (χ3v) is 3.99. The molecule has 2 atom stereocenters. The molecule has 1 aliphatic carbocycles. The second-order valence-electron chi connectivity index (χ2n) is 6.89. The van der Waals surface area contributed by atoms with Gasteiger partial charge >= 0.3 is 0 Å². The molecule has 2 unspecified atom stereocenters. The summed E-state index contributed by atoms with van der Waals surface area (Å²) >= 11 is 0. The van der Waals surface area contributed by atoms with Crippen LogP contribution in [0.25, 0.3) is 0 Å². The summed E-state index contributed by atoms with van der Waals surface area (Å²) in [4.78, 5) is 16.6. The molecule has 4 heteroatoms. The topological polar surface area (TPSA) is 46.9 Å². The molecule has 0 aromatic carbocycles. The van der Waals surface area contributed by atoms with Crippen LogP contribution in [0.15, 0.2) is 17.2 Å². The third-order valence-electron chi connectivity index (χ3n) is 3.99. The van der Waals surface area contributed by atoms with E-state index in [1.807, 2.05) is 0 Å². The summed E-state index contributed by atoms with van der Waals surface area (Å²) in [6.45, 7) is 9.56. The van der Waals surface area contributed by atoms with Crippen LogP contribution >= 0.6 is 0 Å². The Kier molecular flexibility index (Phi) is 4.84. The van der Waals surface area contributed by atoms with Crippen molar-refractivity contribution in [2.24, 2.45) is 17.8 Å². The van der Waals surface area contributed by atoms with Gasteiger partial charge in [-0.15, -0.1) is 0 Å². The molecule has 1 aromatic heterocycles. The van der Waals surface area contributed by atoms with Gasteiger partial charge in [0.15, 0.2) is 5.82 Å². The number of hydrogen-bond donors (Lipinski definition) is 1. The average molecular weight is 277 g/mol. The molecule has 1 aromatic rings. The summed E-state index contributed by atoms with van der Waals surface area (Å²) in [5, 5.41) is 3.38. The molecular formula is C16H27N3O. The first kappa shape index (κ1) is 15.1. The molecule has 0 radical (unpaired) electrons. The zero-order valence-corrected chi connectivity index (χ0v) is 13.1. The molecule has 0 saturated heterocycles. The normalized spacial score (nSPS) is 26.8. The van der Waals surface area contributed by atoms with Crippen molar-refractivity contribution in [3.05, 3.63) is 22.7 Å². The van der Waals surface area contributed by atoms with Gasteiger partial charge in [-0.3, -0.25) is 4.79 Å². The van der Waals surface area contributed by atoms with Crippen LogP contribution in [0.2, 0.25) is 0 Å².